The van der Waals surface area contributed by atoms with E-state index in [0.29, 0.717) is 26.1 Å². The van der Waals surface area contributed by atoms with Gasteiger partial charge >= 0.3 is 0 Å². The van der Waals surface area contributed by atoms with E-state index in [1.807, 2.05) is 41.3 Å². The summed E-state index contributed by atoms with van der Waals surface area (Å²) in [4.78, 5) is 18.2. The molecule has 2 heterocycles. The van der Waals surface area contributed by atoms with Crippen LogP contribution >= 0.6 is 0 Å². The highest BCUT2D eigenvalue weighted by molar-refractivity contribution is 5.91. The summed E-state index contributed by atoms with van der Waals surface area (Å²) in [5, 5.41) is 1.21. The first kappa shape index (κ1) is 17.5. The van der Waals surface area contributed by atoms with E-state index >= 15 is 0 Å². The third-order valence-corrected chi connectivity index (χ3v) is 5.23. The van der Waals surface area contributed by atoms with Gasteiger partial charge in [-0.15, -0.1) is 0 Å². The summed E-state index contributed by atoms with van der Waals surface area (Å²) < 4.78 is 11.3. The standard InChI is InChI=1S/C22H24N2O3/c1-15-17-10-12-24(21(25)11-13-27-16-6-4-3-5-7-16)14-18-20(26-2)9-8-19(23-15)22(17)18/h3-9,23H,10-14H2,1-2H3. The summed E-state index contributed by atoms with van der Waals surface area (Å²) in [5.74, 6) is 1.74. The smallest absolute Gasteiger partial charge is 0.226 e. The summed E-state index contributed by atoms with van der Waals surface area (Å²) in [6, 6.07) is 13.6. The van der Waals surface area contributed by atoms with Gasteiger partial charge in [0.05, 0.1) is 20.1 Å². The maximum atomic E-state index is 12.8. The first-order valence-corrected chi connectivity index (χ1v) is 9.30. The highest BCUT2D eigenvalue weighted by Crippen LogP contribution is 2.35. The van der Waals surface area contributed by atoms with E-state index in [2.05, 4.69) is 18.0 Å². The number of rotatable bonds is 5. The maximum absolute atomic E-state index is 12.8. The molecule has 1 aliphatic heterocycles. The van der Waals surface area contributed by atoms with Crippen LogP contribution in [-0.4, -0.2) is 36.1 Å². The molecule has 1 aliphatic rings. The Hall–Kier alpha value is -2.95. The molecule has 0 aliphatic carbocycles. The maximum Gasteiger partial charge on any atom is 0.226 e. The molecule has 0 saturated carbocycles. The summed E-state index contributed by atoms with van der Waals surface area (Å²) in [6.45, 7) is 3.74. The highest BCUT2D eigenvalue weighted by atomic mass is 16.5. The number of aryl methyl sites for hydroxylation is 1. The van der Waals surface area contributed by atoms with Crippen LogP contribution < -0.4 is 9.47 Å². The molecule has 1 aromatic heterocycles. The monoisotopic (exact) mass is 364 g/mol. The second-order valence-electron chi connectivity index (χ2n) is 6.87. The molecule has 0 spiro atoms. The Kier molecular flexibility index (Phi) is 4.75. The normalized spacial score (nSPS) is 13.5. The minimum atomic E-state index is 0.108. The number of hydrogen-bond acceptors (Lipinski definition) is 3. The number of amides is 1. The Morgan fingerprint density at radius 2 is 1.96 bits per heavy atom. The van der Waals surface area contributed by atoms with Crippen LogP contribution in [0.3, 0.4) is 0 Å². The zero-order valence-electron chi connectivity index (χ0n) is 15.7. The van der Waals surface area contributed by atoms with E-state index in [4.69, 9.17) is 9.47 Å². The Bertz CT molecular complexity index is 963. The van der Waals surface area contributed by atoms with Crippen molar-refractivity contribution >= 4 is 16.8 Å². The molecule has 5 nitrogen and oxygen atoms in total. The first-order chi connectivity index (χ1) is 13.2. The average molecular weight is 364 g/mol. The molecule has 1 amide bonds. The molecule has 0 bridgehead atoms. The number of methoxy groups -OCH3 is 1. The molecule has 0 fully saturated rings. The molecule has 27 heavy (non-hydrogen) atoms. The summed E-state index contributed by atoms with van der Waals surface area (Å²) >= 11 is 0. The predicted octanol–water partition coefficient (Wildman–Crippen LogP) is 3.84. The first-order valence-electron chi connectivity index (χ1n) is 9.30. The van der Waals surface area contributed by atoms with Crippen molar-refractivity contribution in [3.05, 3.63) is 59.3 Å². The fourth-order valence-electron chi connectivity index (χ4n) is 3.86. The number of hydrogen-bond donors (Lipinski definition) is 1. The topological polar surface area (TPSA) is 54.6 Å². The number of nitrogens with zero attached hydrogens (tertiary/aromatic N) is 1. The molecular formula is C22H24N2O3. The minimum Gasteiger partial charge on any atom is -0.496 e. The van der Waals surface area contributed by atoms with Crippen molar-refractivity contribution < 1.29 is 14.3 Å². The molecule has 0 radical (unpaired) electrons. The highest BCUT2D eigenvalue weighted by Gasteiger charge is 2.25. The molecule has 3 aromatic rings. The van der Waals surface area contributed by atoms with E-state index in [1.165, 1.54) is 16.6 Å². The van der Waals surface area contributed by atoms with E-state index < -0.39 is 0 Å². The summed E-state index contributed by atoms with van der Waals surface area (Å²) in [5.41, 5.74) is 4.65. The van der Waals surface area contributed by atoms with Gasteiger partial charge in [0.2, 0.25) is 5.91 Å². The van der Waals surface area contributed by atoms with E-state index in [0.717, 1.165) is 29.0 Å². The van der Waals surface area contributed by atoms with Gasteiger partial charge in [0.1, 0.15) is 11.5 Å². The minimum absolute atomic E-state index is 0.108. The zero-order valence-corrected chi connectivity index (χ0v) is 15.7. The van der Waals surface area contributed by atoms with E-state index in [-0.39, 0.29) is 5.91 Å². The van der Waals surface area contributed by atoms with Crippen LogP contribution in [0.5, 0.6) is 11.5 Å². The number of ether oxygens (including phenoxy) is 2. The molecule has 2 aromatic carbocycles. The molecule has 1 N–H and O–H groups in total. The lowest BCUT2D eigenvalue weighted by atomic mass is 10.0. The van der Waals surface area contributed by atoms with Crippen LogP contribution in [0.25, 0.3) is 10.9 Å². The number of aromatic nitrogens is 1. The zero-order chi connectivity index (χ0) is 18.8. The Morgan fingerprint density at radius 1 is 1.15 bits per heavy atom. The Morgan fingerprint density at radius 3 is 2.74 bits per heavy atom. The number of carbonyl (C=O) groups excluding carboxylic acids is 1. The van der Waals surface area contributed by atoms with Crippen LogP contribution in [0.15, 0.2) is 42.5 Å². The van der Waals surface area contributed by atoms with Crippen LogP contribution in [-0.2, 0) is 17.8 Å². The van der Waals surface area contributed by atoms with Crippen LogP contribution in [0, 0.1) is 6.92 Å². The van der Waals surface area contributed by atoms with Gasteiger partial charge in [-0.1, -0.05) is 18.2 Å². The van der Waals surface area contributed by atoms with Crippen molar-refractivity contribution in [3.8, 4) is 11.5 Å². The molecule has 4 rings (SSSR count). The molecule has 140 valence electrons. The van der Waals surface area contributed by atoms with Gasteiger partial charge in [-0.3, -0.25) is 4.79 Å². The quantitative estimate of drug-likeness (QED) is 0.748. The molecular weight excluding hydrogens is 340 g/mol. The molecule has 0 saturated heterocycles. The number of aromatic amines is 1. The van der Waals surface area contributed by atoms with Gasteiger partial charge in [0, 0.05) is 35.2 Å². The van der Waals surface area contributed by atoms with Gasteiger partial charge in [0.25, 0.3) is 0 Å². The van der Waals surface area contributed by atoms with Gasteiger partial charge in [-0.25, -0.2) is 0 Å². The Balaban J connectivity index is 1.51. The SMILES string of the molecule is COc1ccc2[nH]c(C)c3c2c1CN(C(=O)CCOc1ccccc1)CC3. The van der Waals surface area contributed by atoms with Crippen LogP contribution in [0.4, 0.5) is 0 Å². The van der Waals surface area contributed by atoms with Crippen LogP contribution in [0.1, 0.15) is 23.2 Å². The number of para-hydroxylation sites is 1. The van der Waals surface area contributed by atoms with E-state index in [9.17, 15) is 4.79 Å². The third kappa shape index (κ3) is 3.37. The van der Waals surface area contributed by atoms with Crippen molar-refractivity contribution in [1.29, 1.82) is 0 Å². The number of H-pyrrole nitrogens is 1. The predicted molar refractivity (Wildman–Crippen MR) is 105 cm³/mol. The van der Waals surface area contributed by atoms with Crippen molar-refractivity contribution in [3.63, 3.8) is 0 Å². The van der Waals surface area contributed by atoms with Crippen LogP contribution in [0.2, 0.25) is 0 Å². The summed E-state index contributed by atoms with van der Waals surface area (Å²) in [6.07, 6.45) is 1.21. The molecule has 0 unspecified atom stereocenters. The Labute approximate surface area is 158 Å². The van der Waals surface area contributed by atoms with Gasteiger partial charge < -0.3 is 19.4 Å². The van der Waals surface area contributed by atoms with Crippen molar-refractivity contribution in [1.82, 2.24) is 9.88 Å². The lowest BCUT2D eigenvalue weighted by molar-refractivity contribution is -0.132. The lowest BCUT2D eigenvalue weighted by Crippen LogP contribution is -2.32. The van der Waals surface area contributed by atoms with Gasteiger partial charge in [-0.2, -0.15) is 0 Å². The number of nitrogens with one attached hydrogen (secondary N) is 1. The second kappa shape index (κ2) is 7.35. The largest absolute Gasteiger partial charge is 0.496 e. The average Bonchev–Trinajstić information content (AvgIpc) is 2.87. The summed E-state index contributed by atoms with van der Waals surface area (Å²) in [7, 11) is 1.68. The second-order valence-corrected chi connectivity index (χ2v) is 6.87. The molecule has 0 atom stereocenters. The van der Waals surface area contributed by atoms with E-state index in [1.54, 1.807) is 7.11 Å². The number of carbonyl (C=O) groups is 1. The lowest BCUT2D eigenvalue weighted by Gasteiger charge is -2.22. The van der Waals surface area contributed by atoms with Gasteiger partial charge in [0.15, 0.2) is 0 Å². The fraction of sp³-hybridized carbons (Fsp3) is 0.318. The van der Waals surface area contributed by atoms with Gasteiger partial charge in [-0.05, 0) is 43.2 Å². The van der Waals surface area contributed by atoms with Crippen molar-refractivity contribution in [2.75, 3.05) is 20.3 Å². The third-order valence-electron chi connectivity index (χ3n) is 5.23. The van der Waals surface area contributed by atoms with Crippen molar-refractivity contribution in [2.24, 2.45) is 0 Å². The number of benzene rings is 2. The molecule has 5 heteroatoms. The fourth-order valence-corrected chi connectivity index (χ4v) is 3.86. The van der Waals surface area contributed by atoms with Crippen molar-refractivity contribution in [2.45, 2.75) is 26.3 Å².